The monoisotopic (exact) mass is 472 g/mol. The first-order chi connectivity index (χ1) is 15.0. The number of benzene rings is 3. The van der Waals surface area contributed by atoms with Crippen molar-refractivity contribution in [1.82, 2.24) is 0 Å². The zero-order valence-electron chi connectivity index (χ0n) is 18.3. The molecule has 0 atom stereocenters. The number of hydrogen-bond donors (Lipinski definition) is 2. The Morgan fingerprint density at radius 2 is 1.56 bits per heavy atom. The summed E-state index contributed by atoms with van der Waals surface area (Å²) in [5.41, 5.74) is 1.86. The van der Waals surface area contributed by atoms with Crippen LogP contribution in [0.25, 0.3) is 0 Å². The molecule has 3 aromatic carbocycles. The van der Waals surface area contributed by atoms with Gasteiger partial charge < -0.3 is 10.1 Å². The molecule has 3 aromatic rings. The van der Waals surface area contributed by atoms with Crippen LogP contribution < -0.4 is 14.8 Å². The lowest BCUT2D eigenvalue weighted by molar-refractivity contribution is 0.102. The fraction of sp³-hybridized carbons (Fsp3) is 0.208. The SMILES string of the molecule is COc1cc(NC(=O)c2ccccc2)c(Cl)cc1NS(=O)(=O)c1ccc(C(C)(C)C)cc1. The lowest BCUT2D eigenvalue weighted by Gasteiger charge is -2.19. The Balaban J connectivity index is 1.86. The van der Waals surface area contributed by atoms with Crippen LogP contribution in [0.1, 0.15) is 36.7 Å². The molecule has 1 amide bonds. The van der Waals surface area contributed by atoms with Crippen molar-refractivity contribution >= 4 is 38.9 Å². The minimum atomic E-state index is -3.88. The van der Waals surface area contributed by atoms with Crippen LogP contribution in [0.4, 0.5) is 11.4 Å². The number of amides is 1. The highest BCUT2D eigenvalue weighted by Crippen LogP contribution is 2.36. The van der Waals surface area contributed by atoms with Crippen LogP contribution in [0, 0.1) is 0 Å². The van der Waals surface area contributed by atoms with E-state index in [-0.39, 0.29) is 32.7 Å². The summed E-state index contributed by atoms with van der Waals surface area (Å²) < 4.78 is 33.7. The van der Waals surface area contributed by atoms with Gasteiger partial charge in [0, 0.05) is 11.6 Å². The van der Waals surface area contributed by atoms with E-state index in [4.69, 9.17) is 16.3 Å². The number of anilines is 2. The van der Waals surface area contributed by atoms with E-state index < -0.39 is 10.0 Å². The van der Waals surface area contributed by atoms with Gasteiger partial charge in [-0.1, -0.05) is 62.7 Å². The van der Waals surface area contributed by atoms with Gasteiger partial charge in [0.25, 0.3) is 15.9 Å². The highest BCUT2D eigenvalue weighted by Gasteiger charge is 2.21. The van der Waals surface area contributed by atoms with Gasteiger partial charge in [0.2, 0.25) is 0 Å². The molecule has 0 fully saturated rings. The molecule has 0 aliphatic carbocycles. The maximum absolute atomic E-state index is 12.9. The van der Waals surface area contributed by atoms with Crippen LogP contribution in [0.3, 0.4) is 0 Å². The van der Waals surface area contributed by atoms with Crippen molar-refractivity contribution in [1.29, 1.82) is 0 Å². The molecule has 6 nitrogen and oxygen atoms in total. The maximum Gasteiger partial charge on any atom is 0.262 e. The quantitative estimate of drug-likeness (QED) is 0.482. The second-order valence-electron chi connectivity index (χ2n) is 8.23. The summed E-state index contributed by atoms with van der Waals surface area (Å²) in [5, 5.41) is 2.88. The number of methoxy groups -OCH3 is 1. The summed E-state index contributed by atoms with van der Waals surface area (Å²) in [6.07, 6.45) is 0. The second-order valence-corrected chi connectivity index (χ2v) is 10.3. The number of carbonyl (C=O) groups excluding carboxylic acids is 1. The number of sulfonamides is 1. The Hall–Kier alpha value is -3.03. The molecule has 0 spiro atoms. The Morgan fingerprint density at radius 1 is 0.938 bits per heavy atom. The smallest absolute Gasteiger partial charge is 0.262 e. The molecule has 0 radical (unpaired) electrons. The van der Waals surface area contributed by atoms with Crippen LogP contribution in [0.2, 0.25) is 5.02 Å². The summed E-state index contributed by atoms with van der Waals surface area (Å²) in [4.78, 5) is 12.6. The van der Waals surface area contributed by atoms with Crippen LogP contribution in [-0.4, -0.2) is 21.4 Å². The summed E-state index contributed by atoms with van der Waals surface area (Å²) >= 11 is 6.33. The fourth-order valence-corrected chi connectivity index (χ4v) is 4.29. The summed E-state index contributed by atoms with van der Waals surface area (Å²) in [5.74, 6) is -0.130. The highest BCUT2D eigenvalue weighted by molar-refractivity contribution is 7.92. The van der Waals surface area contributed by atoms with Crippen molar-refractivity contribution in [2.75, 3.05) is 17.1 Å². The third-order valence-electron chi connectivity index (χ3n) is 4.85. The number of halogens is 1. The first kappa shape index (κ1) is 23.6. The molecule has 0 bridgehead atoms. The van der Waals surface area contributed by atoms with E-state index >= 15 is 0 Å². The second kappa shape index (κ2) is 9.22. The largest absolute Gasteiger partial charge is 0.494 e. The van der Waals surface area contributed by atoms with E-state index in [1.54, 1.807) is 48.5 Å². The third kappa shape index (κ3) is 5.41. The van der Waals surface area contributed by atoms with Crippen molar-refractivity contribution < 1.29 is 17.9 Å². The molecule has 0 aromatic heterocycles. The molecule has 2 N–H and O–H groups in total. The number of hydrogen-bond acceptors (Lipinski definition) is 4. The fourth-order valence-electron chi connectivity index (χ4n) is 3.02. The van der Waals surface area contributed by atoms with Crippen LogP contribution in [-0.2, 0) is 15.4 Å². The molecular formula is C24H25ClN2O4S. The molecule has 3 rings (SSSR count). The zero-order valence-corrected chi connectivity index (χ0v) is 19.8. The van der Waals surface area contributed by atoms with E-state index in [0.29, 0.717) is 11.3 Å². The molecule has 168 valence electrons. The van der Waals surface area contributed by atoms with Gasteiger partial charge in [0.15, 0.2) is 0 Å². The van der Waals surface area contributed by atoms with Crippen LogP contribution in [0.5, 0.6) is 5.75 Å². The first-order valence-corrected chi connectivity index (χ1v) is 11.7. The molecular weight excluding hydrogens is 448 g/mol. The maximum atomic E-state index is 12.9. The molecule has 0 saturated heterocycles. The van der Waals surface area contributed by atoms with Gasteiger partial charge in [-0.2, -0.15) is 0 Å². The average molecular weight is 473 g/mol. The van der Waals surface area contributed by atoms with Crippen LogP contribution in [0.15, 0.2) is 71.6 Å². The standard InChI is InChI=1S/C24H25ClN2O4S/c1-24(2,3)17-10-12-18(13-11-17)32(29,30)27-21-14-19(25)20(15-22(21)31-4)26-23(28)16-8-6-5-7-9-16/h5-15,27H,1-4H3,(H,26,28). The van der Waals surface area contributed by atoms with E-state index in [0.717, 1.165) is 5.56 Å². The zero-order chi connectivity index (χ0) is 23.5. The predicted octanol–water partition coefficient (Wildman–Crippen LogP) is 5.70. The molecule has 0 saturated carbocycles. The van der Waals surface area contributed by atoms with Gasteiger partial charge in [-0.3, -0.25) is 9.52 Å². The molecule has 0 aliphatic rings. The normalized spacial score (nSPS) is 11.7. The van der Waals surface area contributed by atoms with E-state index in [2.05, 4.69) is 30.8 Å². The number of ether oxygens (including phenoxy) is 1. The minimum Gasteiger partial charge on any atom is -0.494 e. The van der Waals surface area contributed by atoms with E-state index in [1.165, 1.54) is 19.2 Å². The summed E-state index contributed by atoms with van der Waals surface area (Å²) in [7, 11) is -2.48. The summed E-state index contributed by atoms with van der Waals surface area (Å²) in [6.45, 7) is 6.17. The number of rotatable bonds is 6. The molecule has 0 unspecified atom stereocenters. The molecule has 32 heavy (non-hydrogen) atoms. The van der Waals surface area contributed by atoms with Crippen molar-refractivity contribution in [3.8, 4) is 5.75 Å². The number of nitrogens with one attached hydrogen (secondary N) is 2. The lowest BCUT2D eigenvalue weighted by atomic mass is 9.87. The van der Waals surface area contributed by atoms with Gasteiger partial charge in [0.1, 0.15) is 5.75 Å². The molecule has 0 heterocycles. The van der Waals surface area contributed by atoms with Crippen molar-refractivity contribution in [3.05, 3.63) is 82.9 Å². The van der Waals surface area contributed by atoms with Crippen molar-refractivity contribution in [3.63, 3.8) is 0 Å². The predicted molar refractivity (Wildman–Crippen MR) is 128 cm³/mol. The Morgan fingerprint density at radius 3 is 2.12 bits per heavy atom. The topological polar surface area (TPSA) is 84.5 Å². The van der Waals surface area contributed by atoms with Gasteiger partial charge in [-0.15, -0.1) is 0 Å². The Labute approximate surface area is 193 Å². The summed E-state index contributed by atoms with van der Waals surface area (Å²) in [6, 6.07) is 18.3. The van der Waals surface area contributed by atoms with Crippen molar-refractivity contribution in [2.45, 2.75) is 31.1 Å². The van der Waals surface area contributed by atoms with Gasteiger partial charge in [-0.05, 0) is 41.3 Å². The van der Waals surface area contributed by atoms with Crippen molar-refractivity contribution in [2.24, 2.45) is 0 Å². The third-order valence-corrected chi connectivity index (χ3v) is 6.54. The van der Waals surface area contributed by atoms with E-state index in [9.17, 15) is 13.2 Å². The van der Waals surface area contributed by atoms with Gasteiger partial charge >= 0.3 is 0 Å². The number of carbonyl (C=O) groups is 1. The highest BCUT2D eigenvalue weighted by atomic mass is 35.5. The lowest BCUT2D eigenvalue weighted by Crippen LogP contribution is -2.16. The van der Waals surface area contributed by atoms with Gasteiger partial charge in [0.05, 0.1) is 28.4 Å². The minimum absolute atomic E-state index is 0.0908. The Kier molecular flexibility index (Phi) is 6.81. The Bertz CT molecular complexity index is 1220. The molecule has 8 heteroatoms. The molecule has 0 aliphatic heterocycles. The van der Waals surface area contributed by atoms with Crippen LogP contribution >= 0.6 is 11.6 Å². The first-order valence-electron chi connectivity index (χ1n) is 9.88. The average Bonchev–Trinajstić information content (AvgIpc) is 2.75. The van der Waals surface area contributed by atoms with E-state index in [1.807, 2.05) is 6.07 Å². The van der Waals surface area contributed by atoms with Gasteiger partial charge in [-0.25, -0.2) is 8.42 Å².